The number of aromatic amines is 1. The van der Waals surface area contributed by atoms with E-state index in [2.05, 4.69) is 26.5 Å². The minimum Gasteiger partial charge on any atom is -0.353 e. The second kappa shape index (κ2) is 7.88. The molecule has 0 radical (unpaired) electrons. The largest absolute Gasteiger partial charge is 0.353 e. The van der Waals surface area contributed by atoms with Crippen molar-refractivity contribution in [2.24, 2.45) is 0 Å². The fraction of sp³-hybridized carbons (Fsp3) is 0.765. The summed E-state index contributed by atoms with van der Waals surface area (Å²) in [5.74, 6) is 1.40. The normalized spacial score (nSPS) is 21.8. The Morgan fingerprint density at radius 1 is 1.29 bits per heavy atom. The van der Waals surface area contributed by atoms with Crippen LogP contribution in [0.15, 0.2) is 6.07 Å². The van der Waals surface area contributed by atoms with Crippen LogP contribution < -0.4 is 10.2 Å². The van der Waals surface area contributed by atoms with Gasteiger partial charge in [-0.1, -0.05) is 0 Å². The zero-order chi connectivity index (χ0) is 16.9. The third-order valence-corrected chi connectivity index (χ3v) is 5.19. The molecule has 2 aliphatic heterocycles. The molecule has 2 N–H and O–H groups in total. The number of carbonyl (C=O) groups excluding carboxylic acids is 1. The van der Waals surface area contributed by atoms with Crippen molar-refractivity contribution in [1.29, 1.82) is 0 Å². The number of hydrogen-bond acceptors (Lipinski definition) is 4. The molecule has 7 heteroatoms. The highest BCUT2D eigenvalue weighted by Gasteiger charge is 2.28. The first-order valence-corrected chi connectivity index (χ1v) is 9.27. The van der Waals surface area contributed by atoms with Gasteiger partial charge in [-0.05, 0) is 26.7 Å². The highest BCUT2D eigenvalue weighted by Crippen LogP contribution is 2.28. The van der Waals surface area contributed by atoms with Gasteiger partial charge in [-0.25, -0.2) is 4.79 Å². The Morgan fingerprint density at radius 2 is 2.04 bits per heavy atom. The fourth-order valence-electron chi connectivity index (χ4n) is 3.69. The molecule has 3 heterocycles. The molecule has 24 heavy (non-hydrogen) atoms. The predicted molar refractivity (Wildman–Crippen MR) is 95.5 cm³/mol. The summed E-state index contributed by atoms with van der Waals surface area (Å²) in [5, 5.41) is 11.1. The first kappa shape index (κ1) is 17.1. The summed E-state index contributed by atoms with van der Waals surface area (Å²) < 4.78 is 0. The van der Waals surface area contributed by atoms with Gasteiger partial charge in [-0.2, -0.15) is 5.10 Å². The Kier molecular flexibility index (Phi) is 5.60. The Bertz CT molecular complexity index is 535. The Morgan fingerprint density at radius 3 is 2.75 bits per heavy atom. The summed E-state index contributed by atoms with van der Waals surface area (Å²) in [7, 11) is 0. The molecule has 2 fully saturated rings. The Balaban J connectivity index is 1.64. The zero-order valence-corrected chi connectivity index (χ0v) is 14.9. The van der Waals surface area contributed by atoms with Crippen molar-refractivity contribution < 1.29 is 4.79 Å². The minimum atomic E-state index is 0.173. The third kappa shape index (κ3) is 3.66. The number of carbonyl (C=O) groups is 1. The molecule has 0 aromatic carbocycles. The molecule has 1 aromatic rings. The van der Waals surface area contributed by atoms with Crippen LogP contribution in [0.3, 0.4) is 0 Å². The molecule has 7 nitrogen and oxygen atoms in total. The van der Waals surface area contributed by atoms with Gasteiger partial charge in [0.2, 0.25) is 0 Å². The first-order valence-electron chi connectivity index (χ1n) is 9.27. The number of nitrogens with zero attached hydrogens (tertiary/aromatic N) is 4. The van der Waals surface area contributed by atoms with Crippen molar-refractivity contribution in [3.63, 3.8) is 0 Å². The molecule has 1 unspecified atom stereocenters. The molecule has 2 saturated heterocycles. The standard InChI is InChI=1S/C17H30N6O/c1-3-21(4-2)17(24)23-9-5-6-14(13-23)15-12-16(20-19-15)22-10-7-18-8-11-22/h12,14,18H,3-11,13H2,1-2H3,(H,19,20). The molecule has 2 aliphatic rings. The average Bonchev–Trinajstić information content (AvgIpc) is 3.14. The van der Waals surface area contributed by atoms with E-state index in [-0.39, 0.29) is 6.03 Å². The highest BCUT2D eigenvalue weighted by molar-refractivity contribution is 5.74. The van der Waals surface area contributed by atoms with Crippen LogP contribution in [-0.2, 0) is 0 Å². The number of rotatable bonds is 4. The van der Waals surface area contributed by atoms with E-state index in [9.17, 15) is 4.79 Å². The lowest BCUT2D eigenvalue weighted by Crippen LogP contribution is -2.47. The number of likely N-dealkylation sites (tertiary alicyclic amines) is 1. The van der Waals surface area contributed by atoms with Crippen molar-refractivity contribution >= 4 is 11.8 Å². The van der Waals surface area contributed by atoms with Crippen LogP contribution in [-0.4, -0.2) is 78.4 Å². The smallest absolute Gasteiger partial charge is 0.319 e. The van der Waals surface area contributed by atoms with E-state index in [0.29, 0.717) is 5.92 Å². The van der Waals surface area contributed by atoms with Crippen LogP contribution in [0.5, 0.6) is 0 Å². The lowest BCUT2D eigenvalue weighted by Gasteiger charge is -2.35. The Labute approximate surface area is 144 Å². The first-order chi connectivity index (χ1) is 11.7. The van der Waals surface area contributed by atoms with Gasteiger partial charge in [0.15, 0.2) is 5.82 Å². The fourth-order valence-corrected chi connectivity index (χ4v) is 3.69. The number of piperazine rings is 1. The van der Waals surface area contributed by atoms with Gasteiger partial charge in [-0.3, -0.25) is 5.10 Å². The third-order valence-electron chi connectivity index (χ3n) is 5.19. The van der Waals surface area contributed by atoms with Gasteiger partial charge in [-0.15, -0.1) is 0 Å². The molecular formula is C17H30N6O. The number of amides is 2. The number of anilines is 1. The molecule has 0 saturated carbocycles. The van der Waals surface area contributed by atoms with Crippen LogP contribution in [0.25, 0.3) is 0 Å². The monoisotopic (exact) mass is 334 g/mol. The number of nitrogens with one attached hydrogen (secondary N) is 2. The van der Waals surface area contributed by atoms with E-state index in [4.69, 9.17) is 0 Å². The molecule has 0 aliphatic carbocycles. The number of urea groups is 1. The van der Waals surface area contributed by atoms with Crippen LogP contribution in [0.1, 0.15) is 38.3 Å². The molecule has 1 aromatic heterocycles. The quantitative estimate of drug-likeness (QED) is 0.875. The summed E-state index contributed by atoms with van der Waals surface area (Å²) in [6.07, 6.45) is 2.17. The van der Waals surface area contributed by atoms with Crippen molar-refractivity contribution in [1.82, 2.24) is 25.3 Å². The van der Waals surface area contributed by atoms with Crippen LogP contribution in [0.4, 0.5) is 10.6 Å². The highest BCUT2D eigenvalue weighted by atomic mass is 16.2. The summed E-state index contributed by atoms with van der Waals surface area (Å²) in [4.78, 5) is 18.8. The van der Waals surface area contributed by atoms with Crippen molar-refractivity contribution in [2.45, 2.75) is 32.6 Å². The molecule has 0 bridgehead atoms. The van der Waals surface area contributed by atoms with Crippen LogP contribution in [0.2, 0.25) is 0 Å². The maximum atomic E-state index is 12.6. The second-order valence-corrected chi connectivity index (χ2v) is 6.66. The van der Waals surface area contributed by atoms with Crippen molar-refractivity contribution in [3.8, 4) is 0 Å². The summed E-state index contributed by atoms with van der Waals surface area (Å²) >= 11 is 0. The summed E-state index contributed by atoms with van der Waals surface area (Å²) in [6.45, 7) is 11.3. The van der Waals surface area contributed by atoms with Crippen molar-refractivity contribution in [2.75, 3.05) is 57.3 Å². The van der Waals surface area contributed by atoms with Gasteiger partial charge in [0.05, 0.1) is 0 Å². The Hall–Kier alpha value is -1.76. The molecular weight excluding hydrogens is 304 g/mol. The summed E-state index contributed by atoms with van der Waals surface area (Å²) in [6, 6.07) is 2.35. The topological polar surface area (TPSA) is 67.5 Å². The predicted octanol–water partition coefficient (Wildman–Crippen LogP) is 1.46. The lowest BCUT2D eigenvalue weighted by molar-refractivity contribution is 0.142. The van der Waals surface area contributed by atoms with Gasteiger partial charge >= 0.3 is 6.03 Å². The summed E-state index contributed by atoms with van der Waals surface area (Å²) in [5.41, 5.74) is 1.17. The molecule has 134 valence electrons. The van der Waals surface area contributed by atoms with E-state index in [1.165, 1.54) is 5.69 Å². The van der Waals surface area contributed by atoms with E-state index >= 15 is 0 Å². The molecule has 3 rings (SSSR count). The van der Waals surface area contributed by atoms with Crippen LogP contribution in [0, 0.1) is 0 Å². The zero-order valence-electron chi connectivity index (χ0n) is 14.9. The molecule has 2 amide bonds. The van der Waals surface area contributed by atoms with E-state index < -0.39 is 0 Å². The maximum absolute atomic E-state index is 12.6. The van der Waals surface area contributed by atoms with Gasteiger partial charge in [0.25, 0.3) is 0 Å². The maximum Gasteiger partial charge on any atom is 0.319 e. The van der Waals surface area contributed by atoms with E-state index in [1.807, 2.05) is 23.6 Å². The van der Waals surface area contributed by atoms with Crippen molar-refractivity contribution in [3.05, 3.63) is 11.8 Å². The van der Waals surface area contributed by atoms with Gasteiger partial charge in [0.1, 0.15) is 0 Å². The van der Waals surface area contributed by atoms with E-state index in [1.54, 1.807) is 0 Å². The number of H-pyrrole nitrogens is 1. The number of hydrogen-bond donors (Lipinski definition) is 2. The van der Waals surface area contributed by atoms with Crippen LogP contribution >= 0.6 is 0 Å². The minimum absolute atomic E-state index is 0.173. The second-order valence-electron chi connectivity index (χ2n) is 6.66. The van der Waals surface area contributed by atoms with Gasteiger partial charge in [0, 0.05) is 70.0 Å². The van der Waals surface area contributed by atoms with Gasteiger partial charge < -0.3 is 20.0 Å². The molecule has 0 spiro atoms. The lowest BCUT2D eigenvalue weighted by atomic mass is 9.95. The SMILES string of the molecule is CCN(CC)C(=O)N1CCCC(c2cc(N3CCNCC3)n[nH]2)C1. The van der Waals surface area contributed by atoms with E-state index in [0.717, 1.165) is 71.0 Å². The number of aromatic nitrogens is 2. The molecule has 1 atom stereocenters. The average molecular weight is 334 g/mol. The number of piperidine rings is 1.